The number of carbonyl (C=O) groups is 1. The van der Waals surface area contributed by atoms with Gasteiger partial charge in [-0.15, -0.1) is 11.3 Å². The number of aromatic amines is 1. The Morgan fingerprint density at radius 1 is 1.17 bits per heavy atom. The second-order valence-corrected chi connectivity index (χ2v) is 8.82. The minimum atomic E-state index is -4.54. The lowest BCUT2D eigenvalue weighted by Gasteiger charge is -2.19. The van der Waals surface area contributed by atoms with Crippen molar-refractivity contribution in [1.29, 1.82) is 0 Å². The molecule has 0 aliphatic carbocycles. The van der Waals surface area contributed by atoms with Gasteiger partial charge in [0.25, 0.3) is 5.91 Å². The average Bonchev–Trinajstić information content (AvgIpc) is 3.57. The first-order valence-corrected chi connectivity index (χ1v) is 11.3. The highest BCUT2D eigenvalue weighted by Crippen LogP contribution is 2.39. The summed E-state index contributed by atoms with van der Waals surface area (Å²) < 4.78 is 48.0. The van der Waals surface area contributed by atoms with Gasteiger partial charge in [-0.3, -0.25) is 14.5 Å². The first-order chi connectivity index (χ1) is 16.7. The number of nitrogens with zero attached hydrogens (tertiary/aromatic N) is 3. The Labute approximate surface area is 201 Å². The topological polar surface area (TPSA) is 98.8 Å². The summed E-state index contributed by atoms with van der Waals surface area (Å²) in [5.41, 5.74) is 8.06. The van der Waals surface area contributed by atoms with E-state index < -0.39 is 23.8 Å². The van der Waals surface area contributed by atoms with E-state index in [0.717, 1.165) is 34.0 Å². The molecule has 3 aromatic heterocycles. The summed E-state index contributed by atoms with van der Waals surface area (Å²) in [6.07, 6.45) is -0.431. The minimum Gasteiger partial charge on any atom is -0.484 e. The van der Waals surface area contributed by atoms with Crippen LogP contribution in [0.3, 0.4) is 0 Å². The van der Waals surface area contributed by atoms with Crippen molar-refractivity contribution in [2.45, 2.75) is 19.2 Å². The lowest BCUT2D eigenvalue weighted by molar-refractivity contribution is -0.138. The molecule has 5 aromatic rings. The number of hydrogen-bond acceptors (Lipinski definition) is 5. The van der Waals surface area contributed by atoms with E-state index in [2.05, 4.69) is 15.2 Å². The van der Waals surface area contributed by atoms with Crippen molar-refractivity contribution in [1.82, 2.24) is 19.7 Å². The molecule has 1 amide bonds. The number of primary amides is 1. The molecule has 0 unspecified atom stereocenters. The molecule has 3 N–H and O–H groups in total. The molecule has 35 heavy (non-hydrogen) atoms. The summed E-state index contributed by atoms with van der Waals surface area (Å²) >= 11 is 1.08. The Balaban J connectivity index is 1.50. The van der Waals surface area contributed by atoms with Crippen LogP contribution in [0.25, 0.3) is 27.2 Å². The molecule has 7 nitrogen and oxygen atoms in total. The number of rotatable bonds is 6. The molecule has 2 aromatic carbocycles. The highest BCUT2D eigenvalue weighted by Gasteiger charge is 2.35. The van der Waals surface area contributed by atoms with Crippen molar-refractivity contribution in [3.05, 3.63) is 83.3 Å². The molecule has 0 fully saturated rings. The van der Waals surface area contributed by atoms with Crippen molar-refractivity contribution < 1.29 is 22.7 Å². The molecular weight excluding hydrogens is 479 g/mol. The van der Waals surface area contributed by atoms with Crippen molar-refractivity contribution in [2.24, 2.45) is 5.73 Å². The predicted octanol–water partition coefficient (Wildman–Crippen LogP) is 5.73. The fraction of sp³-hybridized carbons (Fsp3) is 0.125. The summed E-state index contributed by atoms with van der Waals surface area (Å²) in [7, 11) is 0. The van der Waals surface area contributed by atoms with Gasteiger partial charge in [0.2, 0.25) is 0 Å². The van der Waals surface area contributed by atoms with Gasteiger partial charge in [-0.05, 0) is 30.7 Å². The molecule has 3 heterocycles. The highest BCUT2D eigenvalue weighted by molar-refractivity contribution is 7.16. The van der Waals surface area contributed by atoms with Gasteiger partial charge in [0, 0.05) is 23.4 Å². The summed E-state index contributed by atoms with van der Waals surface area (Å²) in [5.74, 6) is -0.627. The van der Waals surface area contributed by atoms with Gasteiger partial charge in [0.05, 0.1) is 22.8 Å². The van der Waals surface area contributed by atoms with E-state index in [1.54, 1.807) is 29.4 Å². The van der Waals surface area contributed by atoms with Crippen molar-refractivity contribution in [2.75, 3.05) is 0 Å². The highest BCUT2D eigenvalue weighted by atomic mass is 32.1. The number of amides is 1. The number of carbonyl (C=O) groups excluding carboxylic acids is 1. The molecule has 0 bridgehead atoms. The second-order valence-electron chi connectivity index (χ2n) is 7.79. The van der Waals surface area contributed by atoms with Crippen LogP contribution >= 0.6 is 11.3 Å². The Morgan fingerprint density at radius 2 is 1.97 bits per heavy atom. The third-order valence-corrected chi connectivity index (χ3v) is 6.66. The quantitative estimate of drug-likeness (QED) is 0.313. The van der Waals surface area contributed by atoms with E-state index in [1.807, 2.05) is 18.2 Å². The van der Waals surface area contributed by atoms with Crippen molar-refractivity contribution >= 4 is 28.3 Å². The number of alkyl halides is 3. The van der Waals surface area contributed by atoms with E-state index in [4.69, 9.17) is 10.5 Å². The summed E-state index contributed by atoms with van der Waals surface area (Å²) in [6, 6.07) is 12.5. The molecule has 0 saturated carbocycles. The number of H-pyrrole nitrogens is 1. The Hall–Kier alpha value is -4.12. The lowest BCUT2D eigenvalue weighted by Crippen LogP contribution is -2.15. The number of halogens is 3. The Kier molecular flexibility index (Phi) is 5.56. The Bertz CT molecular complexity index is 1520. The van der Waals surface area contributed by atoms with Crippen molar-refractivity contribution in [3.8, 4) is 21.9 Å². The smallest absolute Gasteiger partial charge is 0.416 e. The maximum Gasteiger partial charge on any atom is 0.416 e. The standard InChI is InChI=1S/C24H18F3N5O2S/c1-13(16-4-2-3-5-17(16)24(25,26)27)34-20-9-21(35-22(20)23(28)33)32-12-29-18-8-14(6-7-19(18)32)15-10-30-31-11-15/h2-13H,1H3,(H2,28,33)(H,30,31)/t13-/m1/s1. The fourth-order valence-electron chi connectivity index (χ4n) is 3.88. The molecule has 0 saturated heterocycles. The molecule has 5 rings (SSSR count). The molecule has 11 heteroatoms. The maximum absolute atomic E-state index is 13.5. The molecule has 0 aliphatic heterocycles. The minimum absolute atomic E-state index is 0.0389. The first-order valence-electron chi connectivity index (χ1n) is 10.5. The SMILES string of the molecule is C[C@@H](Oc1cc(-n2cnc3cc(-c4cn[nH]c4)ccc32)sc1C(N)=O)c1ccccc1C(F)(F)F. The zero-order chi connectivity index (χ0) is 24.7. The predicted molar refractivity (Wildman–Crippen MR) is 126 cm³/mol. The number of ether oxygens (including phenoxy) is 1. The third-order valence-electron chi connectivity index (χ3n) is 5.53. The van der Waals surface area contributed by atoms with Crippen LogP contribution in [0, 0.1) is 0 Å². The van der Waals surface area contributed by atoms with E-state index in [1.165, 1.54) is 25.1 Å². The van der Waals surface area contributed by atoms with E-state index in [9.17, 15) is 18.0 Å². The van der Waals surface area contributed by atoms with Crippen LogP contribution in [0.5, 0.6) is 5.75 Å². The number of nitrogens with one attached hydrogen (secondary N) is 1. The van der Waals surface area contributed by atoms with E-state index in [0.29, 0.717) is 10.5 Å². The van der Waals surface area contributed by atoms with Gasteiger partial charge >= 0.3 is 6.18 Å². The second kappa shape index (κ2) is 8.58. The van der Waals surface area contributed by atoms with Crippen LogP contribution in [0.4, 0.5) is 13.2 Å². The summed E-state index contributed by atoms with van der Waals surface area (Å²) in [6.45, 7) is 1.50. The van der Waals surface area contributed by atoms with E-state index in [-0.39, 0.29) is 16.2 Å². The lowest BCUT2D eigenvalue weighted by atomic mass is 10.0. The third kappa shape index (κ3) is 4.26. The molecule has 178 valence electrons. The van der Waals surface area contributed by atoms with Gasteiger partial charge in [0.1, 0.15) is 28.1 Å². The van der Waals surface area contributed by atoms with Crippen LogP contribution in [0.1, 0.15) is 33.8 Å². The number of fused-ring (bicyclic) bond motifs is 1. The van der Waals surface area contributed by atoms with Crippen LogP contribution in [0.15, 0.2) is 67.3 Å². The normalized spacial score (nSPS) is 12.7. The van der Waals surface area contributed by atoms with Gasteiger partial charge in [-0.2, -0.15) is 18.3 Å². The van der Waals surface area contributed by atoms with E-state index >= 15 is 0 Å². The van der Waals surface area contributed by atoms with Crippen LogP contribution < -0.4 is 10.5 Å². The van der Waals surface area contributed by atoms with Crippen LogP contribution in [0.2, 0.25) is 0 Å². The van der Waals surface area contributed by atoms with Gasteiger partial charge in [-0.25, -0.2) is 4.98 Å². The molecule has 0 radical (unpaired) electrons. The average molecular weight is 498 g/mol. The number of nitrogens with two attached hydrogens (primary N) is 1. The zero-order valence-corrected chi connectivity index (χ0v) is 19.0. The van der Waals surface area contributed by atoms with Gasteiger partial charge < -0.3 is 10.5 Å². The number of thiophene rings is 1. The van der Waals surface area contributed by atoms with Crippen LogP contribution in [-0.2, 0) is 6.18 Å². The zero-order valence-electron chi connectivity index (χ0n) is 18.2. The molecule has 0 aliphatic rings. The largest absolute Gasteiger partial charge is 0.484 e. The Morgan fingerprint density at radius 3 is 2.69 bits per heavy atom. The van der Waals surface area contributed by atoms with Gasteiger partial charge in [-0.1, -0.05) is 24.3 Å². The number of benzene rings is 2. The fourth-order valence-corrected chi connectivity index (χ4v) is 4.81. The summed E-state index contributed by atoms with van der Waals surface area (Å²) in [5, 5.41) is 7.31. The van der Waals surface area contributed by atoms with Gasteiger partial charge in [0.15, 0.2) is 0 Å². The molecule has 1 atom stereocenters. The maximum atomic E-state index is 13.5. The van der Waals surface area contributed by atoms with Crippen LogP contribution in [-0.4, -0.2) is 25.7 Å². The summed E-state index contributed by atoms with van der Waals surface area (Å²) in [4.78, 5) is 16.7. The molecular formula is C24H18F3N5O2S. The molecule has 0 spiro atoms. The number of hydrogen-bond donors (Lipinski definition) is 2. The van der Waals surface area contributed by atoms with Crippen molar-refractivity contribution in [3.63, 3.8) is 0 Å². The monoisotopic (exact) mass is 497 g/mol. The first kappa shape index (κ1) is 22.7. The number of imidazole rings is 1. The number of aromatic nitrogens is 4.